The molecule has 0 saturated carbocycles. The summed E-state index contributed by atoms with van der Waals surface area (Å²) >= 11 is 0. The molecule has 0 unspecified atom stereocenters. The zero-order chi connectivity index (χ0) is 29.0. The number of para-hydroxylation sites is 1. The van der Waals surface area contributed by atoms with Crippen molar-refractivity contribution in [2.24, 2.45) is 0 Å². The van der Waals surface area contributed by atoms with Crippen LogP contribution in [0.15, 0.2) is 79.4 Å². The number of nitrogens with zero attached hydrogens (tertiary/aromatic N) is 1. The summed E-state index contributed by atoms with van der Waals surface area (Å²) in [5, 5.41) is 0. The highest BCUT2D eigenvalue weighted by Crippen LogP contribution is 2.30. The van der Waals surface area contributed by atoms with Crippen LogP contribution in [0.2, 0.25) is 0 Å². The number of methoxy groups -OCH3 is 2. The number of benzene rings is 3. The highest BCUT2D eigenvalue weighted by atomic mass is 19.4. The number of hydrogen-bond acceptors (Lipinski definition) is 5. The van der Waals surface area contributed by atoms with Gasteiger partial charge in [-0.15, -0.1) is 0 Å². The first-order valence-electron chi connectivity index (χ1n) is 13.2. The van der Waals surface area contributed by atoms with Crippen LogP contribution in [0.25, 0.3) is 5.76 Å². The lowest BCUT2D eigenvalue weighted by molar-refractivity contribution is -0.140. The van der Waals surface area contributed by atoms with Gasteiger partial charge in [-0.05, 0) is 60.7 Å². The molecule has 0 bridgehead atoms. The predicted molar refractivity (Wildman–Crippen MR) is 150 cm³/mol. The molecule has 0 radical (unpaired) electrons. The minimum atomic E-state index is -4.40. The number of carbonyl (C=O) groups excluding carboxylic acids is 1. The van der Waals surface area contributed by atoms with Crippen molar-refractivity contribution in [3.8, 4) is 5.75 Å². The van der Waals surface area contributed by atoms with Gasteiger partial charge in [-0.1, -0.05) is 61.2 Å². The average molecular weight is 556 g/mol. The summed E-state index contributed by atoms with van der Waals surface area (Å²) in [5.41, 5.74) is 2.79. The minimum Gasteiger partial charge on any atom is -0.497 e. The van der Waals surface area contributed by atoms with Crippen molar-refractivity contribution >= 4 is 11.7 Å². The minimum absolute atomic E-state index is 0.0390. The monoisotopic (exact) mass is 555 g/mol. The van der Waals surface area contributed by atoms with Crippen LogP contribution >= 0.6 is 0 Å². The third-order valence-electron chi connectivity index (χ3n) is 6.58. The summed E-state index contributed by atoms with van der Waals surface area (Å²) < 4.78 is 55.2. The molecule has 0 atom stereocenters. The summed E-state index contributed by atoms with van der Waals surface area (Å²) in [6, 6.07) is 20.8. The SMILES string of the molecule is C=C(OC)c1ccc(CN(CCCCC(=O)OC)CCc2ccccc2OCc2cccc(C(F)(F)F)c2)cc1. The number of halogens is 3. The summed E-state index contributed by atoms with van der Waals surface area (Å²) in [4.78, 5) is 13.8. The fourth-order valence-corrected chi connectivity index (χ4v) is 4.28. The van der Waals surface area contributed by atoms with E-state index in [0.717, 1.165) is 54.8 Å². The van der Waals surface area contributed by atoms with E-state index < -0.39 is 11.7 Å². The molecule has 0 saturated heterocycles. The van der Waals surface area contributed by atoms with E-state index >= 15 is 0 Å². The van der Waals surface area contributed by atoms with Gasteiger partial charge in [0.2, 0.25) is 0 Å². The normalized spacial score (nSPS) is 11.3. The Morgan fingerprint density at radius 3 is 2.33 bits per heavy atom. The number of ether oxygens (including phenoxy) is 3. The second-order valence-electron chi connectivity index (χ2n) is 9.48. The van der Waals surface area contributed by atoms with Crippen LogP contribution in [0.5, 0.6) is 5.75 Å². The first kappa shape index (κ1) is 30.8. The molecule has 3 aromatic rings. The van der Waals surface area contributed by atoms with Crippen LogP contribution < -0.4 is 4.74 Å². The number of rotatable bonds is 15. The largest absolute Gasteiger partial charge is 0.497 e. The van der Waals surface area contributed by atoms with E-state index in [4.69, 9.17) is 14.2 Å². The van der Waals surface area contributed by atoms with Crippen molar-refractivity contribution in [3.63, 3.8) is 0 Å². The Kier molecular flexibility index (Phi) is 11.6. The van der Waals surface area contributed by atoms with Gasteiger partial charge in [0.1, 0.15) is 18.1 Å². The van der Waals surface area contributed by atoms with Gasteiger partial charge in [0.05, 0.1) is 19.8 Å². The molecule has 214 valence electrons. The van der Waals surface area contributed by atoms with Crippen LogP contribution in [0.1, 0.15) is 47.1 Å². The third kappa shape index (κ3) is 9.75. The number of carbonyl (C=O) groups is 1. The first-order chi connectivity index (χ1) is 19.2. The lowest BCUT2D eigenvalue weighted by atomic mass is 10.1. The maximum Gasteiger partial charge on any atom is 0.416 e. The first-order valence-corrected chi connectivity index (χ1v) is 13.2. The van der Waals surface area contributed by atoms with Gasteiger partial charge < -0.3 is 14.2 Å². The van der Waals surface area contributed by atoms with Gasteiger partial charge in [0.25, 0.3) is 0 Å². The molecule has 3 rings (SSSR count). The van der Waals surface area contributed by atoms with Crippen molar-refractivity contribution in [2.75, 3.05) is 27.3 Å². The van der Waals surface area contributed by atoms with Crippen LogP contribution in [0.3, 0.4) is 0 Å². The van der Waals surface area contributed by atoms with Gasteiger partial charge in [-0.3, -0.25) is 9.69 Å². The average Bonchev–Trinajstić information content (AvgIpc) is 2.96. The Morgan fingerprint density at radius 1 is 0.875 bits per heavy atom. The second-order valence-corrected chi connectivity index (χ2v) is 9.48. The summed E-state index contributed by atoms with van der Waals surface area (Å²) in [6.45, 7) is 6.17. The van der Waals surface area contributed by atoms with Crippen LogP contribution in [-0.2, 0) is 40.0 Å². The van der Waals surface area contributed by atoms with Crippen LogP contribution in [-0.4, -0.2) is 38.2 Å². The molecule has 0 heterocycles. The number of esters is 1. The van der Waals surface area contributed by atoms with Gasteiger partial charge in [-0.2, -0.15) is 13.2 Å². The number of hydrogen-bond donors (Lipinski definition) is 0. The molecule has 0 spiro atoms. The highest BCUT2D eigenvalue weighted by molar-refractivity contribution is 5.69. The van der Waals surface area contributed by atoms with E-state index in [1.165, 1.54) is 13.2 Å². The molecule has 3 aromatic carbocycles. The van der Waals surface area contributed by atoms with E-state index in [1.54, 1.807) is 13.2 Å². The Labute approximate surface area is 234 Å². The molecule has 0 aliphatic carbocycles. The van der Waals surface area contributed by atoms with E-state index in [9.17, 15) is 18.0 Å². The summed E-state index contributed by atoms with van der Waals surface area (Å²) in [6.07, 6.45) is -1.77. The number of alkyl halides is 3. The Bertz CT molecular complexity index is 1240. The molecule has 8 heteroatoms. The van der Waals surface area contributed by atoms with Gasteiger partial charge in [-0.25, -0.2) is 0 Å². The smallest absolute Gasteiger partial charge is 0.416 e. The van der Waals surface area contributed by atoms with Gasteiger partial charge in [0.15, 0.2) is 0 Å². The zero-order valence-corrected chi connectivity index (χ0v) is 23.0. The molecule has 0 N–H and O–H groups in total. The van der Waals surface area contributed by atoms with Crippen LogP contribution in [0, 0.1) is 0 Å². The van der Waals surface area contributed by atoms with E-state index in [-0.39, 0.29) is 12.6 Å². The Hall–Kier alpha value is -3.78. The molecule has 40 heavy (non-hydrogen) atoms. The second kappa shape index (κ2) is 15.1. The molecular weight excluding hydrogens is 519 g/mol. The maximum atomic E-state index is 13.1. The van der Waals surface area contributed by atoms with E-state index in [0.29, 0.717) is 36.5 Å². The zero-order valence-electron chi connectivity index (χ0n) is 23.0. The fraction of sp³-hybridized carbons (Fsp3) is 0.344. The standard InChI is InChI=1S/C32H36F3NO4/c1-24(38-2)27-16-14-25(15-17-27)22-36(19-7-6-13-31(37)39-3)20-18-28-10-4-5-12-30(28)40-23-26-9-8-11-29(21-26)32(33,34)35/h4-5,8-12,14-17,21H,1,6-7,13,18-20,22-23H2,2-3H3. The molecule has 0 fully saturated rings. The molecule has 5 nitrogen and oxygen atoms in total. The van der Waals surface area contributed by atoms with Crippen LogP contribution in [0.4, 0.5) is 13.2 Å². The summed E-state index contributed by atoms with van der Waals surface area (Å²) in [7, 11) is 2.98. The Morgan fingerprint density at radius 2 is 1.62 bits per heavy atom. The van der Waals surface area contributed by atoms with Gasteiger partial charge >= 0.3 is 12.1 Å². The Balaban J connectivity index is 1.66. The van der Waals surface area contributed by atoms with E-state index in [2.05, 4.69) is 11.5 Å². The van der Waals surface area contributed by atoms with Gasteiger partial charge in [0, 0.05) is 25.1 Å². The highest BCUT2D eigenvalue weighted by Gasteiger charge is 2.30. The molecule has 0 aliphatic heterocycles. The molecule has 0 aromatic heterocycles. The van der Waals surface area contributed by atoms with Crippen molar-refractivity contribution in [1.29, 1.82) is 0 Å². The van der Waals surface area contributed by atoms with Crippen molar-refractivity contribution in [2.45, 2.75) is 45.0 Å². The quantitative estimate of drug-likeness (QED) is 0.112. The van der Waals surface area contributed by atoms with E-state index in [1.807, 2.05) is 48.5 Å². The van der Waals surface area contributed by atoms with Crippen molar-refractivity contribution in [1.82, 2.24) is 4.90 Å². The topological polar surface area (TPSA) is 48.0 Å². The van der Waals surface area contributed by atoms with Crippen molar-refractivity contribution < 1.29 is 32.2 Å². The lowest BCUT2D eigenvalue weighted by Crippen LogP contribution is -2.27. The molecule has 0 amide bonds. The fourth-order valence-electron chi connectivity index (χ4n) is 4.28. The number of unbranched alkanes of at least 4 members (excludes halogenated alkanes) is 1. The third-order valence-corrected chi connectivity index (χ3v) is 6.58. The maximum absolute atomic E-state index is 13.1. The lowest BCUT2D eigenvalue weighted by Gasteiger charge is -2.23. The summed E-state index contributed by atoms with van der Waals surface area (Å²) in [5.74, 6) is 1.04. The molecule has 0 aliphatic rings. The molecular formula is C32H36F3NO4. The van der Waals surface area contributed by atoms with Crippen molar-refractivity contribution in [3.05, 3.63) is 107 Å². The predicted octanol–water partition coefficient (Wildman–Crippen LogP) is 7.29.